The molecule has 0 radical (unpaired) electrons. The molecule has 0 atom stereocenters. The number of carbonyl (C=O) groups is 1. The third-order valence-electron chi connectivity index (χ3n) is 4.62. The van der Waals surface area contributed by atoms with Gasteiger partial charge < -0.3 is 29.7 Å². The normalized spacial score (nSPS) is 11.8. The Morgan fingerprint density at radius 1 is 1.09 bits per heavy atom. The first kappa shape index (κ1) is 23.6. The van der Waals surface area contributed by atoms with Gasteiger partial charge in [-0.3, -0.25) is 4.79 Å². The number of ether oxygens (including phenoxy) is 2. The minimum atomic E-state index is -0.594. The van der Waals surface area contributed by atoms with Crippen molar-refractivity contribution in [3.63, 3.8) is 0 Å². The molecular weight excluding hydrogens is 426 g/mol. The Morgan fingerprint density at radius 3 is 2.52 bits per heavy atom. The van der Waals surface area contributed by atoms with Crippen LogP contribution in [0.15, 0.2) is 56.8 Å². The second-order valence-electron chi connectivity index (χ2n) is 8.39. The molecule has 2 aromatic carbocycles. The van der Waals surface area contributed by atoms with Gasteiger partial charge in [0.15, 0.2) is 0 Å². The number of methoxy groups -OCH3 is 2. The quantitative estimate of drug-likeness (QED) is 0.284. The summed E-state index contributed by atoms with van der Waals surface area (Å²) in [5.41, 5.74) is 3.31. The lowest BCUT2D eigenvalue weighted by molar-refractivity contribution is -0.110. The fourth-order valence-corrected chi connectivity index (χ4v) is 3.05. The van der Waals surface area contributed by atoms with Crippen LogP contribution < -0.4 is 25.8 Å². The van der Waals surface area contributed by atoms with Crippen molar-refractivity contribution >= 4 is 28.3 Å². The molecule has 0 unspecified atom stereocenters. The smallest absolute Gasteiger partial charge is 0.336 e. The maximum atomic E-state index is 13.2. The van der Waals surface area contributed by atoms with Crippen LogP contribution in [0.1, 0.15) is 26.3 Å². The number of nitrogens with one attached hydrogen (secondary N) is 2. The number of rotatable bonds is 7. The summed E-state index contributed by atoms with van der Waals surface area (Å²) < 4.78 is 15.7. The summed E-state index contributed by atoms with van der Waals surface area (Å²) in [6, 6.07) is 10.8. The first-order chi connectivity index (χ1) is 15.6. The van der Waals surface area contributed by atoms with Crippen LogP contribution in [0.25, 0.3) is 11.0 Å². The Bertz CT molecular complexity index is 1260. The number of phenols is 1. The van der Waals surface area contributed by atoms with Crippen molar-refractivity contribution < 1.29 is 23.8 Å². The van der Waals surface area contributed by atoms with Gasteiger partial charge in [-0.15, -0.1) is 0 Å². The van der Waals surface area contributed by atoms with Crippen LogP contribution in [0.3, 0.4) is 0 Å². The highest BCUT2D eigenvalue weighted by Gasteiger charge is 2.19. The molecule has 0 spiro atoms. The van der Waals surface area contributed by atoms with Gasteiger partial charge in [-0.05, 0) is 50.6 Å². The van der Waals surface area contributed by atoms with Crippen molar-refractivity contribution in [2.75, 3.05) is 19.5 Å². The average molecular weight is 453 g/mol. The lowest BCUT2D eigenvalue weighted by Crippen LogP contribution is -2.35. The van der Waals surface area contributed by atoms with Crippen molar-refractivity contribution in [3.8, 4) is 17.2 Å². The first-order valence-corrected chi connectivity index (χ1v) is 10.2. The Balaban J connectivity index is 1.99. The number of anilines is 1. The molecule has 0 aliphatic heterocycles. The summed E-state index contributed by atoms with van der Waals surface area (Å²) in [5.74, 6) is 0.497. The van der Waals surface area contributed by atoms with Crippen molar-refractivity contribution in [1.29, 1.82) is 0 Å². The number of hydrogen-bond donors (Lipinski definition) is 3. The molecule has 0 fully saturated rings. The summed E-state index contributed by atoms with van der Waals surface area (Å²) in [7, 11) is 3.03. The molecule has 174 valence electrons. The zero-order valence-electron chi connectivity index (χ0n) is 19.2. The summed E-state index contributed by atoms with van der Waals surface area (Å²) in [5, 5.41) is 17.5. The van der Waals surface area contributed by atoms with Gasteiger partial charge in [-0.1, -0.05) is 0 Å². The molecule has 1 heterocycles. The summed E-state index contributed by atoms with van der Waals surface area (Å²) >= 11 is 0. The van der Waals surface area contributed by atoms with E-state index in [1.807, 2.05) is 20.8 Å². The number of aromatic hydroxyl groups is 1. The van der Waals surface area contributed by atoms with Gasteiger partial charge in [0.05, 0.1) is 19.9 Å². The molecule has 0 saturated heterocycles. The van der Waals surface area contributed by atoms with Gasteiger partial charge in [-0.2, -0.15) is 5.10 Å². The Kier molecular flexibility index (Phi) is 6.91. The first-order valence-electron chi connectivity index (χ1n) is 10.2. The number of amides is 1. The molecule has 0 aliphatic carbocycles. The molecule has 3 N–H and O–H groups in total. The molecule has 0 aliphatic rings. The maximum absolute atomic E-state index is 13.2. The van der Waals surface area contributed by atoms with Crippen LogP contribution in [0.2, 0.25) is 0 Å². The standard InChI is InChI=1S/C24H27N3O6/c1-24(2,3)27-26-19(23(30)25-18-9-7-16(31-4)13-21(18)32-5)10-14-11-22(29)33-20-12-15(28)6-8-17(14)20/h6-9,11-13,27-28H,10H2,1-5H3,(H,25,30)/b26-19+. The number of fused-ring (bicyclic) bond motifs is 1. The van der Waals surface area contributed by atoms with Gasteiger partial charge in [0.1, 0.15) is 28.5 Å². The highest BCUT2D eigenvalue weighted by atomic mass is 16.5. The molecule has 3 aromatic rings. The molecule has 9 heteroatoms. The van der Waals surface area contributed by atoms with Crippen LogP contribution in [-0.2, 0) is 11.2 Å². The molecule has 9 nitrogen and oxygen atoms in total. The maximum Gasteiger partial charge on any atom is 0.336 e. The van der Waals surface area contributed by atoms with E-state index < -0.39 is 17.1 Å². The number of phenolic OH excluding ortho intramolecular Hbond substituents is 1. The van der Waals surface area contributed by atoms with E-state index in [1.165, 1.54) is 32.4 Å². The van der Waals surface area contributed by atoms with Gasteiger partial charge >= 0.3 is 5.63 Å². The molecule has 3 rings (SSSR count). The minimum absolute atomic E-state index is 0.0320. The molecule has 0 saturated carbocycles. The van der Waals surface area contributed by atoms with E-state index in [2.05, 4.69) is 15.8 Å². The monoisotopic (exact) mass is 453 g/mol. The van der Waals surface area contributed by atoms with Crippen LogP contribution >= 0.6 is 0 Å². The molecule has 1 amide bonds. The summed E-state index contributed by atoms with van der Waals surface area (Å²) in [6.07, 6.45) is 0.0419. The van der Waals surface area contributed by atoms with Crippen molar-refractivity contribution in [1.82, 2.24) is 5.43 Å². The highest BCUT2D eigenvalue weighted by molar-refractivity contribution is 6.43. The SMILES string of the molecule is COc1ccc(NC(=O)/C(Cc2cc(=O)oc3cc(O)ccc23)=N/NC(C)(C)C)c(OC)c1. The second-order valence-corrected chi connectivity index (χ2v) is 8.39. The molecule has 33 heavy (non-hydrogen) atoms. The van der Waals surface area contributed by atoms with Gasteiger partial charge in [0, 0.05) is 35.5 Å². The fourth-order valence-electron chi connectivity index (χ4n) is 3.05. The zero-order valence-corrected chi connectivity index (χ0v) is 19.2. The fraction of sp³-hybridized carbons (Fsp3) is 0.292. The Morgan fingerprint density at radius 2 is 1.85 bits per heavy atom. The average Bonchev–Trinajstić information content (AvgIpc) is 2.75. The largest absolute Gasteiger partial charge is 0.508 e. The number of nitrogens with zero attached hydrogens (tertiary/aromatic N) is 1. The third kappa shape index (κ3) is 6.03. The van der Waals surface area contributed by atoms with E-state index in [0.29, 0.717) is 28.1 Å². The summed E-state index contributed by atoms with van der Waals surface area (Å²) in [4.78, 5) is 25.3. The highest BCUT2D eigenvalue weighted by Crippen LogP contribution is 2.29. The van der Waals surface area contributed by atoms with E-state index >= 15 is 0 Å². The third-order valence-corrected chi connectivity index (χ3v) is 4.62. The number of carbonyl (C=O) groups excluding carboxylic acids is 1. The molecular formula is C24H27N3O6. The van der Waals surface area contributed by atoms with Gasteiger partial charge in [-0.25, -0.2) is 4.79 Å². The predicted molar refractivity (Wildman–Crippen MR) is 126 cm³/mol. The van der Waals surface area contributed by atoms with E-state index in [4.69, 9.17) is 13.9 Å². The lowest BCUT2D eigenvalue weighted by atomic mass is 10.0. The van der Waals surface area contributed by atoms with Crippen LogP contribution in [0, 0.1) is 0 Å². The van der Waals surface area contributed by atoms with Gasteiger partial charge in [0.2, 0.25) is 0 Å². The number of hydrazone groups is 1. The summed E-state index contributed by atoms with van der Waals surface area (Å²) in [6.45, 7) is 5.73. The predicted octanol–water partition coefficient (Wildman–Crippen LogP) is 3.44. The van der Waals surface area contributed by atoms with E-state index in [9.17, 15) is 14.7 Å². The number of hydrogen-bond acceptors (Lipinski definition) is 8. The van der Waals surface area contributed by atoms with Crippen LogP contribution in [0.5, 0.6) is 17.2 Å². The topological polar surface area (TPSA) is 122 Å². The van der Waals surface area contributed by atoms with Crippen molar-refractivity contribution in [3.05, 3.63) is 58.4 Å². The van der Waals surface area contributed by atoms with E-state index in [0.717, 1.165) is 0 Å². The lowest BCUT2D eigenvalue weighted by Gasteiger charge is -2.19. The van der Waals surface area contributed by atoms with E-state index in [1.54, 1.807) is 24.3 Å². The van der Waals surface area contributed by atoms with Crippen LogP contribution in [0.4, 0.5) is 5.69 Å². The number of benzene rings is 2. The molecule has 1 aromatic heterocycles. The Hall–Kier alpha value is -4.01. The Labute approximate surface area is 191 Å². The van der Waals surface area contributed by atoms with Gasteiger partial charge in [0.25, 0.3) is 5.91 Å². The molecule has 0 bridgehead atoms. The van der Waals surface area contributed by atoms with Crippen molar-refractivity contribution in [2.24, 2.45) is 5.10 Å². The second kappa shape index (κ2) is 9.64. The van der Waals surface area contributed by atoms with E-state index in [-0.39, 0.29) is 23.5 Å². The van der Waals surface area contributed by atoms with Crippen molar-refractivity contribution in [2.45, 2.75) is 32.7 Å². The minimum Gasteiger partial charge on any atom is -0.508 e. The van der Waals surface area contributed by atoms with Crippen LogP contribution in [-0.4, -0.2) is 36.5 Å². The zero-order chi connectivity index (χ0) is 24.2.